The molecule has 0 aliphatic rings. The Balaban J connectivity index is 2.31. The molecular weight excluding hydrogens is 164 g/mol. The van der Waals surface area contributed by atoms with Crippen molar-refractivity contribution in [3.8, 4) is 0 Å². The molecule has 0 heterocycles. The second-order valence-corrected chi connectivity index (χ2v) is 2.70. The highest BCUT2D eigenvalue weighted by molar-refractivity contribution is 5.73. The monoisotopic (exact) mass is 178 g/mol. The first-order chi connectivity index (χ1) is 6.33. The van der Waals surface area contributed by atoms with Gasteiger partial charge in [0.1, 0.15) is 0 Å². The number of carbonyl (C=O) groups excluding carboxylic acids is 1. The highest BCUT2D eigenvalue weighted by atomic mass is 16.2. The third kappa shape index (κ3) is 3.60. The molecular formula is C10H14N2O. The smallest absolute Gasteiger partial charge is 0.315 e. The van der Waals surface area contributed by atoms with Crippen molar-refractivity contribution in [2.24, 2.45) is 0 Å². The number of benzene rings is 1. The van der Waals surface area contributed by atoms with Gasteiger partial charge < -0.3 is 10.6 Å². The highest BCUT2D eigenvalue weighted by Crippen LogP contribution is 1.96. The van der Waals surface area contributed by atoms with Crippen molar-refractivity contribution in [1.29, 1.82) is 0 Å². The second-order valence-electron chi connectivity index (χ2n) is 2.70. The van der Waals surface area contributed by atoms with E-state index in [9.17, 15) is 4.79 Å². The summed E-state index contributed by atoms with van der Waals surface area (Å²) < 4.78 is 0. The van der Waals surface area contributed by atoms with Crippen LogP contribution < -0.4 is 10.6 Å². The van der Waals surface area contributed by atoms with Gasteiger partial charge in [-0.1, -0.05) is 30.3 Å². The summed E-state index contributed by atoms with van der Waals surface area (Å²) in [6.07, 6.45) is 0. The number of hydrogen-bond donors (Lipinski definition) is 2. The summed E-state index contributed by atoms with van der Waals surface area (Å²) in [7, 11) is 0. The van der Waals surface area contributed by atoms with Gasteiger partial charge in [0.15, 0.2) is 0 Å². The molecule has 0 bridgehead atoms. The molecule has 0 aliphatic carbocycles. The van der Waals surface area contributed by atoms with Crippen LogP contribution in [0.4, 0.5) is 4.79 Å². The topological polar surface area (TPSA) is 41.1 Å². The van der Waals surface area contributed by atoms with Crippen LogP contribution in [0, 0.1) is 0 Å². The standard InChI is InChI=1S/C10H14N2O/c1-2-11-10(13)12-8-9-6-4-3-5-7-9/h3-7H,2,8H2,1H3,(H2,11,12,13). The highest BCUT2D eigenvalue weighted by Gasteiger charge is 1.96. The Hall–Kier alpha value is -1.51. The maximum atomic E-state index is 11.0. The minimum Gasteiger partial charge on any atom is -0.338 e. The first kappa shape index (κ1) is 9.58. The molecule has 0 saturated heterocycles. The van der Waals surface area contributed by atoms with E-state index < -0.39 is 0 Å². The van der Waals surface area contributed by atoms with Crippen molar-refractivity contribution in [2.75, 3.05) is 6.54 Å². The quantitative estimate of drug-likeness (QED) is 0.723. The Morgan fingerprint density at radius 2 is 1.92 bits per heavy atom. The molecule has 0 unspecified atom stereocenters. The van der Waals surface area contributed by atoms with Gasteiger partial charge in [-0.15, -0.1) is 0 Å². The normalized spacial score (nSPS) is 9.31. The van der Waals surface area contributed by atoms with Gasteiger partial charge in [-0.05, 0) is 12.5 Å². The number of carbonyl (C=O) groups is 1. The lowest BCUT2D eigenvalue weighted by Crippen LogP contribution is -2.34. The number of rotatable bonds is 3. The van der Waals surface area contributed by atoms with Crippen molar-refractivity contribution in [3.05, 3.63) is 35.9 Å². The van der Waals surface area contributed by atoms with E-state index in [1.54, 1.807) is 0 Å². The summed E-state index contributed by atoms with van der Waals surface area (Å²) in [5, 5.41) is 5.42. The fraction of sp³-hybridized carbons (Fsp3) is 0.300. The van der Waals surface area contributed by atoms with E-state index in [0.29, 0.717) is 13.1 Å². The van der Waals surface area contributed by atoms with Crippen LogP contribution in [0.25, 0.3) is 0 Å². The summed E-state index contributed by atoms with van der Waals surface area (Å²) in [4.78, 5) is 11.0. The van der Waals surface area contributed by atoms with Crippen molar-refractivity contribution in [3.63, 3.8) is 0 Å². The third-order valence-electron chi connectivity index (χ3n) is 1.63. The predicted molar refractivity (Wildman–Crippen MR) is 52.4 cm³/mol. The van der Waals surface area contributed by atoms with Gasteiger partial charge in [-0.25, -0.2) is 4.79 Å². The number of hydrogen-bond acceptors (Lipinski definition) is 1. The fourth-order valence-electron chi connectivity index (χ4n) is 1.00. The Kier molecular flexibility index (Phi) is 3.82. The van der Waals surface area contributed by atoms with Crippen LogP contribution in [-0.4, -0.2) is 12.6 Å². The molecule has 1 aromatic carbocycles. The first-order valence-corrected chi connectivity index (χ1v) is 4.38. The summed E-state index contributed by atoms with van der Waals surface area (Å²) in [6, 6.07) is 9.70. The molecule has 13 heavy (non-hydrogen) atoms. The Labute approximate surface area is 78.2 Å². The van der Waals surface area contributed by atoms with Gasteiger partial charge in [-0.2, -0.15) is 0 Å². The molecule has 70 valence electrons. The molecule has 0 fully saturated rings. The molecule has 0 aliphatic heterocycles. The fourth-order valence-corrected chi connectivity index (χ4v) is 1.00. The Morgan fingerprint density at radius 1 is 1.23 bits per heavy atom. The lowest BCUT2D eigenvalue weighted by atomic mass is 10.2. The molecule has 0 atom stereocenters. The molecule has 0 saturated carbocycles. The van der Waals surface area contributed by atoms with Crippen LogP contribution in [-0.2, 0) is 6.54 Å². The Morgan fingerprint density at radius 3 is 2.54 bits per heavy atom. The maximum absolute atomic E-state index is 11.0. The average Bonchev–Trinajstić information content (AvgIpc) is 2.17. The summed E-state index contributed by atoms with van der Waals surface area (Å²) in [6.45, 7) is 3.12. The van der Waals surface area contributed by atoms with Crippen LogP contribution in [0.15, 0.2) is 30.3 Å². The van der Waals surface area contributed by atoms with E-state index in [4.69, 9.17) is 0 Å². The largest absolute Gasteiger partial charge is 0.338 e. The SMILES string of the molecule is CCNC(=O)NCc1ccccc1. The Bertz CT molecular complexity index is 259. The molecule has 1 aromatic rings. The van der Waals surface area contributed by atoms with Crippen LogP contribution in [0.3, 0.4) is 0 Å². The lowest BCUT2D eigenvalue weighted by Gasteiger charge is -2.04. The van der Waals surface area contributed by atoms with Crippen molar-refractivity contribution in [1.82, 2.24) is 10.6 Å². The molecule has 1 rings (SSSR count). The summed E-state index contributed by atoms with van der Waals surface area (Å²) >= 11 is 0. The van der Waals surface area contributed by atoms with E-state index in [0.717, 1.165) is 5.56 Å². The van der Waals surface area contributed by atoms with Crippen molar-refractivity contribution in [2.45, 2.75) is 13.5 Å². The van der Waals surface area contributed by atoms with Gasteiger partial charge in [-0.3, -0.25) is 0 Å². The molecule has 0 radical (unpaired) electrons. The minimum atomic E-state index is -0.119. The van der Waals surface area contributed by atoms with E-state index >= 15 is 0 Å². The molecule has 0 aromatic heterocycles. The van der Waals surface area contributed by atoms with Gasteiger partial charge in [0.2, 0.25) is 0 Å². The molecule has 0 spiro atoms. The van der Waals surface area contributed by atoms with Crippen LogP contribution in [0.5, 0.6) is 0 Å². The van der Waals surface area contributed by atoms with Crippen LogP contribution >= 0.6 is 0 Å². The van der Waals surface area contributed by atoms with E-state index in [-0.39, 0.29) is 6.03 Å². The zero-order valence-electron chi connectivity index (χ0n) is 7.71. The summed E-state index contributed by atoms with van der Waals surface area (Å²) in [5.41, 5.74) is 1.11. The summed E-state index contributed by atoms with van der Waals surface area (Å²) in [5.74, 6) is 0. The van der Waals surface area contributed by atoms with Crippen molar-refractivity contribution >= 4 is 6.03 Å². The average molecular weight is 178 g/mol. The zero-order chi connectivity index (χ0) is 9.52. The van der Waals surface area contributed by atoms with Gasteiger partial charge in [0.05, 0.1) is 0 Å². The zero-order valence-corrected chi connectivity index (χ0v) is 7.71. The first-order valence-electron chi connectivity index (χ1n) is 4.38. The van der Waals surface area contributed by atoms with E-state index in [2.05, 4.69) is 10.6 Å². The van der Waals surface area contributed by atoms with Crippen molar-refractivity contribution < 1.29 is 4.79 Å². The third-order valence-corrected chi connectivity index (χ3v) is 1.63. The number of amides is 2. The minimum absolute atomic E-state index is 0.119. The van der Waals surface area contributed by atoms with E-state index in [1.807, 2.05) is 37.3 Å². The van der Waals surface area contributed by atoms with Gasteiger partial charge >= 0.3 is 6.03 Å². The number of nitrogens with one attached hydrogen (secondary N) is 2. The van der Waals surface area contributed by atoms with Gasteiger partial charge in [0.25, 0.3) is 0 Å². The molecule has 3 heteroatoms. The predicted octanol–water partition coefficient (Wildman–Crippen LogP) is 1.51. The molecule has 2 N–H and O–H groups in total. The number of urea groups is 1. The van der Waals surface area contributed by atoms with Crippen LogP contribution in [0.1, 0.15) is 12.5 Å². The second kappa shape index (κ2) is 5.19. The van der Waals surface area contributed by atoms with E-state index in [1.165, 1.54) is 0 Å². The van der Waals surface area contributed by atoms with Gasteiger partial charge in [0, 0.05) is 13.1 Å². The molecule has 2 amide bonds. The molecule has 3 nitrogen and oxygen atoms in total. The van der Waals surface area contributed by atoms with Crippen LogP contribution in [0.2, 0.25) is 0 Å². The lowest BCUT2D eigenvalue weighted by molar-refractivity contribution is 0.241. The maximum Gasteiger partial charge on any atom is 0.315 e.